The number of hydrogen-bond donors (Lipinski definition) is 2. The number of benzene rings is 3. The minimum Gasteiger partial charge on any atom is -0.388 e. The van der Waals surface area contributed by atoms with Gasteiger partial charge in [-0.3, -0.25) is 0 Å². The van der Waals surface area contributed by atoms with E-state index in [4.69, 9.17) is 9.47 Å². The topological polar surface area (TPSA) is 58.9 Å². The molecule has 1 aliphatic rings. The van der Waals surface area contributed by atoms with Crippen LogP contribution in [0.1, 0.15) is 12.5 Å². The van der Waals surface area contributed by atoms with Gasteiger partial charge in [0.15, 0.2) is 0 Å². The molecule has 1 fully saturated rings. The van der Waals surface area contributed by atoms with Gasteiger partial charge < -0.3 is 19.7 Å². The first kappa shape index (κ1) is 19.4. The van der Waals surface area contributed by atoms with Crippen LogP contribution < -0.4 is 0 Å². The molecular formula is C23H24O4S. The first-order chi connectivity index (χ1) is 13.6. The molecule has 0 radical (unpaired) electrons. The summed E-state index contributed by atoms with van der Waals surface area (Å²) in [5.41, 5.74) is 0.506. The maximum Gasteiger partial charge on any atom is 0.136 e. The van der Waals surface area contributed by atoms with Crippen LogP contribution in [0.25, 0.3) is 10.8 Å². The van der Waals surface area contributed by atoms with Gasteiger partial charge in [-0.2, -0.15) is 0 Å². The molecule has 3 aromatic rings. The van der Waals surface area contributed by atoms with Gasteiger partial charge in [0.1, 0.15) is 23.7 Å². The number of aliphatic hydroxyl groups excluding tert-OH is 2. The lowest BCUT2D eigenvalue weighted by Gasteiger charge is -2.41. The molecule has 0 aliphatic carbocycles. The SMILES string of the molecule is C[C@@H]1O[C@@H](Sc2ccccc2)[C@H](O)[C@H](OCc2ccc3ccccc3c2)[C@H]1O. The molecule has 28 heavy (non-hydrogen) atoms. The van der Waals surface area contributed by atoms with Crippen LogP contribution in [0.5, 0.6) is 0 Å². The summed E-state index contributed by atoms with van der Waals surface area (Å²) in [6.45, 7) is 2.13. The maximum atomic E-state index is 10.8. The number of aliphatic hydroxyl groups is 2. The van der Waals surface area contributed by atoms with Crippen LogP contribution in [0, 0.1) is 0 Å². The summed E-state index contributed by atoms with van der Waals surface area (Å²) in [6, 6.07) is 24.1. The average Bonchev–Trinajstić information content (AvgIpc) is 2.72. The minimum atomic E-state index is -0.933. The molecule has 4 rings (SSSR count). The van der Waals surface area contributed by atoms with Gasteiger partial charge >= 0.3 is 0 Å². The van der Waals surface area contributed by atoms with Crippen LogP contribution in [-0.2, 0) is 16.1 Å². The molecule has 0 bridgehead atoms. The summed E-state index contributed by atoms with van der Waals surface area (Å²) < 4.78 is 11.8. The fraction of sp³-hybridized carbons (Fsp3) is 0.304. The van der Waals surface area contributed by atoms with E-state index in [0.29, 0.717) is 6.61 Å². The summed E-state index contributed by atoms with van der Waals surface area (Å²) in [6.07, 6.45) is -2.96. The first-order valence-corrected chi connectivity index (χ1v) is 10.3. The van der Waals surface area contributed by atoms with E-state index in [1.165, 1.54) is 17.1 Å². The van der Waals surface area contributed by atoms with Crippen molar-refractivity contribution in [3.05, 3.63) is 78.4 Å². The molecule has 1 heterocycles. The second kappa shape index (κ2) is 8.64. The van der Waals surface area contributed by atoms with Gasteiger partial charge in [0, 0.05) is 4.90 Å². The fourth-order valence-corrected chi connectivity index (χ4v) is 4.55. The summed E-state index contributed by atoms with van der Waals surface area (Å²) in [4.78, 5) is 1.00. The Hall–Kier alpha value is -1.89. The zero-order valence-corrected chi connectivity index (χ0v) is 16.5. The average molecular weight is 397 g/mol. The van der Waals surface area contributed by atoms with Crippen LogP contribution in [0.2, 0.25) is 0 Å². The van der Waals surface area contributed by atoms with Gasteiger partial charge in [0.2, 0.25) is 0 Å². The molecular weight excluding hydrogens is 372 g/mol. The molecule has 1 saturated heterocycles. The highest BCUT2D eigenvalue weighted by atomic mass is 32.2. The van der Waals surface area contributed by atoms with E-state index in [1.807, 2.05) is 55.5 Å². The summed E-state index contributed by atoms with van der Waals surface area (Å²) in [7, 11) is 0. The van der Waals surface area contributed by atoms with Gasteiger partial charge in [0.05, 0.1) is 12.7 Å². The van der Waals surface area contributed by atoms with Crippen LogP contribution in [0.3, 0.4) is 0 Å². The predicted molar refractivity (Wildman–Crippen MR) is 111 cm³/mol. The molecule has 0 spiro atoms. The number of rotatable bonds is 5. The van der Waals surface area contributed by atoms with Crippen LogP contribution in [0.4, 0.5) is 0 Å². The van der Waals surface area contributed by atoms with Crippen molar-refractivity contribution in [3.8, 4) is 0 Å². The normalized spacial score (nSPS) is 27.8. The summed E-state index contributed by atoms with van der Waals surface area (Å²) >= 11 is 1.44. The highest BCUT2D eigenvalue weighted by Crippen LogP contribution is 2.34. The molecule has 5 atom stereocenters. The highest BCUT2D eigenvalue weighted by molar-refractivity contribution is 7.99. The Bertz CT molecular complexity index is 917. The molecule has 0 saturated carbocycles. The molecule has 0 aromatic heterocycles. The third-order valence-corrected chi connectivity index (χ3v) is 6.20. The van der Waals surface area contributed by atoms with E-state index in [0.717, 1.165) is 15.8 Å². The van der Waals surface area contributed by atoms with Crippen molar-refractivity contribution < 1.29 is 19.7 Å². The second-order valence-electron chi connectivity index (χ2n) is 7.08. The van der Waals surface area contributed by atoms with Crippen molar-refractivity contribution in [3.63, 3.8) is 0 Å². The number of ether oxygens (including phenoxy) is 2. The van der Waals surface area contributed by atoms with E-state index < -0.39 is 29.9 Å². The Morgan fingerprint density at radius 1 is 0.893 bits per heavy atom. The Morgan fingerprint density at radius 2 is 1.61 bits per heavy atom. The van der Waals surface area contributed by atoms with Gasteiger partial charge in [-0.1, -0.05) is 66.4 Å². The second-order valence-corrected chi connectivity index (χ2v) is 8.25. The van der Waals surface area contributed by atoms with Crippen LogP contribution >= 0.6 is 11.8 Å². The lowest BCUT2D eigenvalue weighted by atomic mass is 10.0. The lowest BCUT2D eigenvalue weighted by Crippen LogP contribution is -2.56. The first-order valence-electron chi connectivity index (χ1n) is 9.44. The van der Waals surface area contributed by atoms with Gasteiger partial charge in [-0.15, -0.1) is 0 Å². The molecule has 5 heteroatoms. The van der Waals surface area contributed by atoms with Crippen molar-refractivity contribution >= 4 is 22.5 Å². The van der Waals surface area contributed by atoms with Crippen LogP contribution in [0.15, 0.2) is 77.7 Å². The lowest BCUT2D eigenvalue weighted by molar-refractivity contribution is -0.212. The largest absolute Gasteiger partial charge is 0.388 e. The zero-order valence-electron chi connectivity index (χ0n) is 15.6. The van der Waals surface area contributed by atoms with Gasteiger partial charge in [-0.05, 0) is 41.5 Å². The Balaban J connectivity index is 1.46. The Morgan fingerprint density at radius 3 is 2.39 bits per heavy atom. The maximum absolute atomic E-state index is 10.8. The fourth-order valence-electron chi connectivity index (χ4n) is 3.45. The highest BCUT2D eigenvalue weighted by Gasteiger charge is 2.43. The van der Waals surface area contributed by atoms with Crippen molar-refractivity contribution in [1.82, 2.24) is 0 Å². The Kier molecular flexibility index (Phi) is 5.99. The predicted octanol–water partition coefficient (Wildman–Crippen LogP) is 3.98. The third-order valence-electron chi connectivity index (χ3n) is 5.03. The van der Waals surface area contributed by atoms with Crippen LogP contribution in [-0.4, -0.2) is 40.1 Å². The number of thioether (sulfide) groups is 1. The monoisotopic (exact) mass is 396 g/mol. The van der Waals surface area contributed by atoms with E-state index in [2.05, 4.69) is 24.3 Å². The molecule has 2 N–H and O–H groups in total. The smallest absolute Gasteiger partial charge is 0.136 e. The van der Waals surface area contributed by atoms with Crippen molar-refractivity contribution in [1.29, 1.82) is 0 Å². The molecule has 4 nitrogen and oxygen atoms in total. The van der Waals surface area contributed by atoms with Gasteiger partial charge in [-0.25, -0.2) is 0 Å². The molecule has 1 aliphatic heterocycles. The van der Waals surface area contributed by atoms with E-state index in [9.17, 15) is 10.2 Å². The summed E-state index contributed by atoms with van der Waals surface area (Å²) in [5.74, 6) is 0. The molecule has 3 aromatic carbocycles. The minimum absolute atomic E-state index is 0.319. The van der Waals surface area contributed by atoms with E-state index >= 15 is 0 Å². The zero-order chi connectivity index (χ0) is 19.5. The van der Waals surface area contributed by atoms with Crippen molar-refractivity contribution in [2.75, 3.05) is 0 Å². The van der Waals surface area contributed by atoms with E-state index in [-0.39, 0.29) is 0 Å². The Labute approximate surface area is 169 Å². The number of hydrogen-bond acceptors (Lipinski definition) is 5. The summed E-state index contributed by atoms with van der Waals surface area (Å²) in [5, 5.41) is 23.6. The standard InChI is InChI=1S/C23H24O4S/c1-15-20(24)22(21(25)23(27-15)28-19-9-3-2-4-10-19)26-14-16-11-12-17-7-5-6-8-18(17)13-16/h2-13,15,20-25H,14H2,1H3/t15-,20-,21+,22+,23-/m0/s1. The van der Waals surface area contributed by atoms with Crippen molar-refractivity contribution in [2.45, 2.75) is 48.3 Å². The number of fused-ring (bicyclic) bond motifs is 1. The molecule has 0 amide bonds. The molecule has 146 valence electrons. The molecule has 0 unspecified atom stereocenters. The van der Waals surface area contributed by atoms with Crippen molar-refractivity contribution in [2.24, 2.45) is 0 Å². The van der Waals surface area contributed by atoms with E-state index in [1.54, 1.807) is 0 Å². The van der Waals surface area contributed by atoms with Gasteiger partial charge in [0.25, 0.3) is 0 Å². The third kappa shape index (κ3) is 4.24. The quantitative estimate of drug-likeness (QED) is 0.683.